The van der Waals surface area contributed by atoms with E-state index in [1.165, 1.54) is 57.8 Å². The van der Waals surface area contributed by atoms with Crippen molar-refractivity contribution in [3.05, 3.63) is 97.2 Å². The average Bonchev–Trinajstić information content (AvgIpc) is 3.37. The largest absolute Gasteiger partial charge is 0.479 e. The standard InChI is InChI=1S/C61H98O12/c1-4-7-10-13-16-19-22-25-27-30-32-35-38-41-44-47-53(62)69-50-52(71-54(63)48-45-42-39-36-33-29-24-21-18-15-12-9-6-3)51-70-61-59(57(66)56(65)58(73-61)60(67)68)72-55(64)49-46-43-40-37-34-31-28-26-23-20-17-14-11-8-5-2/h7-8,10-11,16-17,19-20,25-28,32,35,41,44,52,56-59,61,65-66H,4-6,9,12-15,18,21-24,29-31,33-34,36-40,42-43,45-51H2,1-3H3,(H,67,68)/b10-7-,11-8-,19-16-,20-17-,27-25-,28-26-,35-32-,44-41-. The van der Waals surface area contributed by atoms with Crippen LogP contribution in [-0.2, 0) is 42.9 Å². The fourth-order valence-electron chi connectivity index (χ4n) is 7.92. The number of aliphatic carboxylic acids is 1. The molecule has 0 bridgehead atoms. The lowest BCUT2D eigenvalue weighted by atomic mass is 9.98. The molecule has 0 aromatic rings. The second-order valence-corrected chi connectivity index (χ2v) is 18.8. The Kier molecular flexibility index (Phi) is 44.4. The van der Waals surface area contributed by atoms with Crippen molar-refractivity contribution in [1.82, 2.24) is 0 Å². The van der Waals surface area contributed by atoms with Gasteiger partial charge in [0, 0.05) is 12.8 Å². The lowest BCUT2D eigenvalue weighted by molar-refractivity contribution is -0.301. The summed E-state index contributed by atoms with van der Waals surface area (Å²) >= 11 is 0. The van der Waals surface area contributed by atoms with Gasteiger partial charge >= 0.3 is 23.9 Å². The van der Waals surface area contributed by atoms with E-state index in [9.17, 15) is 34.5 Å². The minimum absolute atomic E-state index is 0.0186. The third-order valence-corrected chi connectivity index (χ3v) is 12.2. The zero-order chi connectivity index (χ0) is 53.3. The normalized spacial score (nSPS) is 19.1. The molecule has 0 amide bonds. The second-order valence-electron chi connectivity index (χ2n) is 18.8. The van der Waals surface area contributed by atoms with Crippen LogP contribution < -0.4 is 0 Å². The molecule has 12 nitrogen and oxygen atoms in total. The third-order valence-electron chi connectivity index (χ3n) is 12.2. The van der Waals surface area contributed by atoms with Crippen LogP contribution in [-0.4, -0.2) is 89.2 Å². The fourth-order valence-corrected chi connectivity index (χ4v) is 7.92. The highest BCUT2D eigenvalue weighted by atomic mass is 16.7. The van der Waals surface area contributed by atoms with E-state index >= 15 is 0 Å². The van der Waals surface area contributed by atoms with Crippen molar-refractivity contribution in [1.29, 1.82) is 0 Å². The van der Waals surface area contributed by atoms with Crippen molar-refractivity contribution >= 4 is 23.9 Å². The Bertz CT molecular complexity index is 1640. The summed E-state index contributed by atoms with van der Waals surface area (Å²) in [5, 5.41) is 31.4. The van der Waals surface area contributed by atoms with Gasteiger partial charge in [-0.3, -0.25) is 14.4 Å². The van der Waals surface area contributed by atoms with E-state index in [4.69, 9.17) is 23.7 Å². The molecule has 3 N–H and O–H groups in total. The van der Waals surface area contributed by atoms with E-state index in [0.29, 0.717) is 19.3 Å². The number of ether oxygens (including phenoxy) is 5. The van der Waals surface area contributed by atoms with Gasteiger partial charge in [-0.05, 0) is 77.0 Å². The zero-order valence-corrected chi connectivity index (χ0v) is 45.3. The molecular weight excluding hydrogens is 925 g/mol. The molecular formula is C61H98O12. The predicted molar refractivity (Wildman–Crippen MR) is 294 cm³/mol. The van der Waals surface area contributed by atoms with Crippen molar-refractivity contribution in [3.8, 4) is 0 Å². The first-order valence-electron chi connectivity index (χ1n) is 28.2. The van der Waals surface area contributed by atoms with Crippen LogP contribution in [0.25, 0.3) is 0 Å². The molecule has 6 atom stereocenters. The van der Waals surface area contributed by atoms with Gasteiger partial charge in [0.15, 0.2) is 24.6 Å². The summed E-state index contributed by atoms with van der Waals surface area (Å²) in [5.74, 6) is -3.31. The van der Waals surface area contributed by atoms with E-state index in [1.807, 2.05) is 12.2 Å². The summed E-state index contributed by atoms with van der Waals surface area (Å²) < 4.78 is 28.2. The Labute approximate surface area is 441 Å². The lowest BCUT2D eigenvalue weighted by Crippen LogP contribution is -2.61. The number of carbonyl (C=O) groups is 4. The lowest BCUT2D eigenvalue weighted by Gasteiger charge is -2.40. The Morgan fingerprint density at radius 3 is 1.38 bits per heavy atom. The number of aliphatic hydroxyl groups is 2. The smallest absolute Gasteiger partial charge is 0.335 e. The number of hydrogen-bond acceptors (Lipinski definition) is 11. The number of aliphatic hydroxyl groups excluding tert-OH is 2. The number of rotatable bonds is 46. The molecule has 73 heavy (non-hydrogen) atoms. The number of allylic oxidation sites excluding steroid dienone is 15. The van der Waals surface area contributed by atoms with Crippen molar-refractivity contribution in [2.45, 2.75) is 250 Å². The highest BCUT2D eigenvalue weighted by Gasteiger charge is 2.50. The van der Waals surface area contributed by atoms with Gasteiger partial charge in [0.2, 0.25) is 0 Å². The number of carbonyl (C=O) groups excluding carboxylic acids is 3. The molecule has 1 rings (SSSR count). The second kappa shape index (κ2) is 48.6. The van der Waals surface area contributed by atoms with Crippen LogP contribution >= 0.6 is 0 Å². The van der Waals surface area contributed by atoms with Gasteiger partial charge in [0.05, 0.1) is 13.0 Å². The first-order valence-corrected chi connectivity index (χ1v) is 28.2. The summed E-state index contributed by atoms with van der Waals surface area (Å²) in [4.78, 5) is 51.0. The van der Waals surface area contributed by atoms with E-state index in [2.05, 4.69) is 99.8 Å². The topological polar surface area (TPSA) is 175 Å². The van der Waals surface area contributed by atoms with Crippen LogP contribution in [0.5, 0.6) is 0 Å². The van der Waals surface area contributed by atoms with E-state index in [-0.39, 0.29) is 25.9 Å². The van der Waals surface area contributed by atoms with Gasteiger partial charge in [-0.1, -0.05) is 214 Å². The molecule has 1 saturated heterocycles. The molecule has 1 aliphatic heterocycles. The molecule has 0 saturated carbocycles. The summed E-state index contributed by atoms with van der Waals surface area (Å²) in [7, 11) is 0. The minimum Gasteiger partial charge on any atom is -0.479 e. The Morgan fingerprint density at radius 1 is 0.479 bits per heavy atom. The SMILES string of the molecule is CC/C=C\C/C=C\C/C=C\C/C=C\C/C=C\CC(=O)OCC(COC1OC(C(=O)O)C(O)C(O)C1OC(=O)CCCCCCC/C=C\C/C=C\C/C=C\CC)OC(=O)CCCCCCCCCCCCCCC. The van der Waals surface area contributed by atoms with Crippen LogP contribution in [0.2, 0.25) is 0 Å². The Balaban J connectivity index is 2.77. The summed E-state index contributed by atoms with van der Waals surface area (Å²) in [5.41, 5.74) is 0. The third kappa shape index (κ3) is 38.8. The monoisotopic (exact) mass is 1020 g/mol. The van der Waals surface area contributed by atoms with Crippen molar-refractivity contribution in [2.24, 2.45) is 0 Å². The van der Waals surface area contributed by atoms with Gasteiger partial charge in [0.25, 0.3) is 0 Å². The average molecular weight is 1020 g/mol. The molecule has 0 spiro atoms. The molecule has 1 aliphatic rings. The number of carboxylic acid groups (broad SMARTS) is 1. The highest BCUT2D eigenvalue weighted by Crippen LogP contribution is 2.26. The molecule has 0 aliphatic carbocycles. The molecule has 0 aromatic carbocycles. The van der Waals surface area contributed by atoms with Gasteiger partial charge in [-0.2, -0.15) is 0 Å². The van der Waals surface area contributed by atoms with Gasteiger partial charge in [-0.15, -0.1) is 0 Å². The maximum absolute atomic E-state index is 13.1. The minimum atomic E-state index is -1.92. The van der Waals surface area contributed by atoms with Crippen LogP contribution in [0.4, 0.5) is 0 Å². The highest BCUT2D eigenvalue weighted by molar-refractivity contribution is 5.74. The van der Waals surface area contributed by atoms with Crippen molar-refractivity contribution in [3.63, 3.8) is 0 Å². The van der Waals surface area contributed by atoms with Crippen LogP contribution in [0.3, 0.4) is 0 Å². The van der Waals surface area contributed by atoms with E-state index in [1.54, 1.807) is 6.08 Å². The molecule has 414 valence electrons. The van der Waals surface area contributed by atoms with Crippen molar-refractivity contribution in [2.75, 3.05) is 13.2 Å². The van der Waals surface area contributed by atoms with Crippen LogP contribution in [0, 0.1) is 0 Å². The summed E-state index contributed by atoms with van der Waals surface area (Å²) in [6, 6.07) is 0. The number of hydrogen-bond donors (Lipinski definition) is 3. The van der Waals surface area contributed by atoms with Crippen LogP contribution in [0.15, 0.2) is 97.2 Å². The molecule has 0 aromatic heterocycles. The molecule has 6 unspecified atom stereocenters. The quantitative estimate of drug-likeness (QED) is 0.0228. The Morgan fingerprint density at radius 2 is 0.904 bits per heavy atom. The fraction of sp³-hybridized carbons (Fsp3) is 0.672. The Hall–Kier alpha value is -4.36. The van der Waals surface area contributed by atoms with E-state index < -0.39 is 67.3 Å². The first-order chi connectivity index (χ1) is 35.6. The maximum Gasteiger partial charge on any atom is 0.335 e. The number of carboxylic acids is 1. The first kappa shape index (κ1) is 66.7. The predicted octanol–water partition coefficient (Wildman–Crippen LogP) is 14.1. The molecule has 1 heterocycles. The van der Waals surface area contributed by atoms with Gasteiger partial charge in [0.1, 0.15) is 18.8 Å². The molecule has 0 radical (unpaired) electrons. The summed E-state index contributed by atoms with van der Waals surface area (Å²) in [6.45, 7) is 5.65. The maximum atomic E-state index is 13.1. The number of esters is 3. The van der Waals surface area contributed by atoms with Gasteiger partial charge in [-0.25, -0.2) is 4.79 Å². The van der Waals surface area contributed by atoms with Crippen molar-refractivity contribution < 1.29 is 58.2 Å². The van der Waals surface area contributed by atoms with Gasteiger partial charge < -0.3 is 39.0 Å². The molecule has 12 heteroatoms. The van der Waals surface area contributed by atoms with E-state index in [0.717, 1.165) is 96.3 Å². The van der Waals surface area contributed by atoms with Crippen LogP contribution in [0.1, 0.15) is 213 Å². The number of unbranched alkanes of at least 4 members (excludes halogenated alkanes) is 17. The molecule has 1 fully saturated rings. The summed E-state index contributed by atoms with van der Waals surface area (Å²) in [6.07, 6.45) is 51.2. The zero-order valence-electron chi connectivity index (χ0n) is 45.3.